The van der Waals surface area contributed by atoms with E-state index in [1.54, 1.807) is 0 Å². The van der Waals surface area contributed by atoms with Crippen molar-refractivity contribution in [2.24, 2.45) is 11.8 Å². The Kier molecular flexibility index (Phi) is 11.1. The maximum absolute atomic E-state index is 10.2. The van der Waals surface area contributed by atoms with Crippen LogP contribution >= 0.6 is 0 Å². The first-order valence-corrected chi connectivity index (χ1v) is 12.4. The van der Waals surface area contributed by atoms with Gasteiger partial charge in [0.1, 0.15) is 5.75 Å². The molecule has 0 radical (unpaired) electrons. The van der Waals surface area contributed by atoms with Gasteiger partial charge in [0.05, 0.1) is 0 Å². The van der Waals surface area contributed by atoms with Crippen molar-refractivity contribution >= 4 is 0 Å². The zero-order chi connectivity index (χ0) is 20.2. The molecule has 1 fully saturated rings. The lowest BCUT2D eigenvalue weighted by Gasteiger charge is -2.33. The van der Waals surface area contributed by atoms with Crippen molar-refractivity contribution in [2.45, 2.75) is 123 Å². The third kappa shape index (κ3) is 8.18. The first-order valence-electron chi connectivity index (χ1n) is 12.4. The minimum absolute atomic E-state index is 0.507. The van der Waals surface area contributed by atoms with Gasteiger partial charge >= 0.3 is 0 Å². The van der Waals surface area contributed by atoms with Gasteiger partial charge in [0, 0.05) is 0 Å². The molecule has 2 rings (SSSR count). The first kappa shape index (κ1) is 23.3. The van der Waals surface area contributed by atoms with Crippen LogP contribution in [0.2, 0.25) is 0 Å². The molecule has 1 saturated carbocycles. The Balaban J connectivity index is 1.55. The number of phenols is 1. The van der Waals surface area contributed by atoms with Crippen molar-refractivity contribution < 1.29 is 5.11 Å². The van der Waals surface area contributed by atoms with Crippen LogP contribution < -0.4 is 0 Å². The second-order valence-corrected chi connectivity index (χ2v) is 9.62. The number of rotatable bonds is 13. The molecule has 0 aliphatic heterocycles. The van der Waals surface area contributed by atoms with Crippen LogP contribution in [0.4, 0.5) is 0 Å². The molecule has 0 bridgehead atoms. The van der Waals surface area contributed by atoms with Crippen molar-refractivity contribution in [1.29, 1.82) is 0 Å². The zero-order valence-electron chi connectivity index (χ0n) is 19.0. The van der Waals surface area contributed by atoms with Gasteiger partial charge in [0.25, 0.3) is 0 Å². The van der Waals surface area contributed by atoms with Crippen LogP contribution in [0, 0.1) is 18.8 Å². The standard InChI is InChI=1S/C27H46O/c1-4-5-6-7-8-9-10-11-12-13-14-23(3)24-16-18-25(19-17-24)26-21-22(2)15-20-27(26)28/h15,20-21,23-25,28H,4-14,16-19H2,1-3H3. The molecule has 1 nitrogen and oxygen atoms in total. The number of phenolic OH excluding ortho intramolecular Hbond substituents is 1. The topological polar surface area (TPSA) is 20.2 Å². The van der Waals surface area contributed by atoms with E-state index in [4.69, 9.17) is 0 Å². The monoisotopic (exact) mass is 386 g/mol. The first-order chi connectivity index (χ1) is 13.6. The third-order valence-electron chi connectivity index (χ3n) is 7.21. The summed E-state index contributed by atoms with van der Waals surface area (Å²) in [5.41, 5.74) is 2.46. The molecule has 0 heterocycles. The predicted molar refractivity (Wildman–Crippen MR) is 123 cm³/mol. The molecule has 0 amide bonds. The Morgan fingerprint density at radius 3 is 2.04 bits per heavy atom. The average molecular weight is 387 g/mol. The molecule has 0 aromatic heterocycles. The smallest absolute Gasteiger partial charge is 0.119 e. The summed E-state index contributed by atoms with van der Waals surface area (Å²) >= 11 is 0. The summed E-state index contributed by atoms with van der Waals surface area (Å²) in [5, 5.41) is 10.2. The number of hydrogen-bond acceptors (Lipinski definition) is 1. The molecule has 160 valence electrons. The van der Waals surface area contributed by atoms with Crippen LogP contribution in [0.5, 0.6) is 5.75 Å². The lowest BCUT2D eigenvalue weighted by Crippen LogP contribution is -2.19. The van der Waals surface area contributed by atoms with E-state index in [2.05, 4.69) is 26.8 Å². The fraction of sp³-hybridized carbons (Fsp3) is 0.778. The van der Waals surface area contributed by atoms with Crippen LogP contribution in [0.1, 0.15) is 127 Å². The van der Waals surface area contributed by atoms with Crippen molar-refractivity contribution in [3.63, 3.8) is 0 Å². The molecule has 1 unspecified atom stereocenters. The number of benzene rings is 1. The molecule has 1 atom stereocenters. The van der Waals surface area contributed by atoms with Crippen LogP contribution in [-0.2, 0) is 0 Å². The summed E-state index contributed by atoms with van der Waals surface area (Å²) < 4.78 is 0. The van der Waals surface area contributed by atoms with Gasteiger partial charge in [0.15, 0.2) is 0 Å². The summed E-state index contributed by atoms with van der Waals surface area (Å²) in [4.78, 5) is 0. The lowest BCUT2D eigenvalue weighted by molar-refractivity contribution is 0.230. The van der Waals surface area contributed by atoms with E-state index >= 15 is 0 Å². The quantitative estimate of drug-likeness (QED) is 0.335. The highest BCUT2D eigenvalue weighted by Crippen LogP contribution is 2.42. The Morgan fingerprint density at radius 1 is 0.857 bits per heavy atom. The maximum atomic E-state index is 10.2. The summed E-state index contributed by atoms with van der Waals surface area (Å²) in [5.74, 6) is 2.86. The van der Waals surface area contributed by atoms with Gasteiger partial charge in [-0.25, -0.2) is 0 Å². The Hall–Kier alpha value is -0.980. The fourth-order valence-corrected chi connectivity index (χ4v) is 5.19. The summed E-state index contributed by atoms with van der Waals surface area (Å²) in [6.07, 6.45) is 21.0. The third-order valence-corrected chi connectivity index (χ3v) is 7.21. The van der Waals surface area contributed by atoms with E-state index in [9.17, 15) is 5.11 Å². The molecular weight excluding hydrogens is 340 g/mol. The number of aromatic hydroxyl groups is 1. The number of unbranched alkanes of at least 4 members (excludes halogenated alkanes) is 9. The molecule has 1 heteroatoms. The van der Waals surface area contributed by atoms with E-state index in [1.165, 1.54) is 107 Å². The highest BCUT2D eigenvalue weighted by molar-refractivity contribution is 5.38. The predicted octanol–water partition coefficient (Wildman–Crippen LogP) is 8.92. The summed E-state index contributed by atoms with van der Waals surface area (Å²) in [6, 6.07) is 6.09. The van der Waals surface area contributed by atoms with Crippen LogP contribution in [0.3, 0.4) is 0 Å². The van der Waals surface area contributed by atoms with E-state index in [1.807, 2.05) is 12.1 Å². The van der Waals surface area contributed by atoms with Gasteiger partial charge in [-0.1, -0.05) is 102 Å². The molecule has 1 aliphatic carbocycles. The van der Waals surface area contributed by atoms with Crippen molar-refractivity contribution in [3.05, 3.63) is 29.3 Å². The number of aryl methyl sites for hydroxylation is 1. The molecule has 28 heavy (non-hydrogen) atoms. The van der Waals surface area contributed by atoms with Crippen LogP contribution in [0.15, 0.2) is 18.2 Å². The maximum Gasteiger partial charge on any atom is 0.119 e. The van der Waals surface area contributed by atoms with E-state index < -0.39 is 0 Å². The molecule has 0 saturated heterocycles. The van der Waals surface area contributed by atoms with Gasteiger partial charge in [-0.05, 0) is 62.0 Å². The fourth-order valence-electron chi connectivity index (χ4n) is 5.19. The highest BCUT2D eigenvalue weighted by Gasteiger charge is 2.27. The Bertz CT molecular complexity index is 527. The minimum atomic E-state index is 0.507. The van der Waals surface area contributed by atoms with Crippen LogP contribution in [-0.4, -0.2) is 5.11 Å². The number of hydrogen-bond donors (Lipinski definition) is 1. The minimum Gasteiger partial charge on any atom is -0.508 e. The van der Waals surface area contributed by atoms with Gasteiger partial charge in [-0.15, -0.1) is 0 Å². The normalized spacial score (nSPS) is 21.0. The van der Waals surface area contributed by atoms with E-state index in [0.717, 1.165) is 11.8 Å². The molecule has 1 aromatic carbocycles. The van der Waals surface area contributed by atoms with Gasteiger partial charge in [0.2, 0.25) is 0 Å². The van der Waals surface area contributed by atoms with Gasteiger partial charge in [-0.2, -0.15) is 0 Å². The van der Waals surface area contributed by atoms with Crippen molar-refractivity contribution in [3.8, 4) is 5.75 Å². The lowest BCUT2D eigenvalue weighted by atomic mass is 9.73. The largest absolute Gasteiger partial charge is 0.508 e. The SMILES string of the molecule is CCCCCCCCCCCCC(C)C1CCC(c2cc(C)ccc2O)CC1. The highest BCUT2D eigenvalue weighted by atomic mass is 16.3. The summed E-state index contributed by atoms with van der Waals surface area (Å²) in [6.45, 7) is 6.91. The Morgan fingerprint density at radius 2 is 1.43 bits per heavy atom. The van der Waals surface area contributed by atoms with Crippen molar-refractivity contribution in [1.82, 2.24) is 0 Å². The zero-order valence-corrected chi connectivity index (χ0v) is 19.0. The van der Waals surface area contributed by atoms with E-state index in [-0.39, 0.29) is 0 Å². The van der Waals surface area contributed by atoms with Crippen LogP contribution in [0.25, 0.3) is 0 Å². The van der Waals surface area contributed by atoms with Gasteiger partial charge < -0.3 is 5.11 Å². The Labute approximate surface area is 175 Å². The molecular formula is C27H46O. The summed E-state index contributed by atoms with van der Waals surface area (Å²) in [7, 11) is 0. The molecule has 1 aliphatic rings. The second kappa shape index (κ2) is 13.3. The van der Waals surface area contributed by atoms with E-state index in [0.29, 0.717) is 11.7 Å². The van der Waals surface area contributed by atoms with Crippen molar-refractivity contribution in [2.75, 3.05) is 0 Å². The van der Waals surface area contributed by atoms with Gasteiger partial charge in [-0.3, -0.25) is 0 Å². The molecule has 0 spiro atoms. The average Bonchev–Trinajstić information content (AvgIpc) is 2.71. The molecule has 1 aromatic rings. The second-order valence-electron chi connectivity index (χ2n) is 9.62. The molecule has 1 N–H and O–H groups in total.